The number of Topliss-reactive ketones (excluding diaryl/α,β-unsaturated/α-hetero) is 1. The van der Waals surface area contributed by atoms with Crippen LogP contribution in [0.4, 0.5) is 0 Å². The van der Waals surface area contributed by atoms with E-state index in [1.165, 1.54) is 0 Å². The van der Waals surface area contributed by atoms with Crippen LogP contribution >= 0.6 is 0 Å². The fourth-order valence-corrected chi connectivity index (χ4v) is 2.57. The lowest BCUT2D eigenvalue weighted by Crippen LogP contribution is -2.11. The predicted molar refractivity (Wildman–Crippen MR) is 84.0 cm³/mol. The van der Waals surface area contributed by atoms with Crippen LogP contribution in [0.1, 0.15) is 16.1 Å². The van der Waals surface area contributed by atoms with Gasteiger partial charge in [0.1, 0.15) is 5.75 Å². The van der Waals surface area contributed by atoms with Gasteiger partial charge in [-0.1, -0.05) is 18.2 Å². The first kappa shape index (κ1) is 13.4. The quantitative estimate of drug-likeness (QED) is 0.679. The molecule has 3 heteroatoms. The first-order chi connectivity index (χ1) is 10.2. The van der Waals surface area contributed by atoms with Gasteiger partial charge in [-0.05, 0) is 48.7 Å². The minimum Gasteiger partial charge on any atom is -0.497 e. The lowest BCUT2D eigenvalue weighted by molar-refractivity contribution is 0.0973. The zero-order valence-electron chi connectivity index (χ0n) is 12.2. The minimum atomic E-state index is 0.0992. The van der Waals surface area contributed by atoms with Crippen molar-refractivity contribution in [3.8, 4) is 5.75 Å². The Bertz CT molecular complexity index is 785. The maximum atomic E-state index is 12.4. The molecule has 0 aliphatic carbocycles. The van der Waals surface area contributed by atoms with Gasteiger partial charge in [0.05, 0.1) is 13.7 Å². The Balaban J connectivity index is 1.90. The Morgan fingerprint density at radius 1 is 1.10 bits per heavy atom. The molecule has 3 nitrogen and oxygen atoms in total. The summed E-state index contributed by atoms with van der Waals surface area (Å²) in [6, 6.07) is 17.5. The van der Waals surface area contributed by atoms with Gasteiger partial charge in [-0.3, -0.25) is 4.79 Å². The Hall–Kier alpha value is -2.55. The van der Waals surface area contributed by atoms with Crippen LogP contribution in [0.5, 0.6) is 5.75 Å². The normalized spacial score (nSPS) is 10.8. The summed E-state index contributed by atoms with van der Waals surface area (Å²) in [5.74, 6) is 0.858. The predicted octanol–water partition coefficient (Wildman–Crippen LogP) is 3.84. The number of fused-ring (bicyclic) bond motifs is 1. The van der Waals surface area contributed by atoms with Crippen LogP contribution in [0.15, 0.2) is 54.6 Å². The summed E-state index contributed by atoms with van der Waals surface area (Å²) in [7, 11) is 1.62. The molecular formula is C18H17NO2. The van der Waals surface area contributed by atoms with Gasteiger partial charge in [0.15, 0.2) is 5.78 Å². The molecule has 0 atom stereocenters. The Labute approximate surface area is 123 Å². The first-order valence-corrected chi connectivity index (χ1v) is 6.91. The van der Waals surface area contributed by atoms with Crippen molar-refractivity contribution in [3.63, 3.8) is 0 Å². The lowest BCUT2D eigenvalue weighted by atomic mass is 10.1. The van der Waals surface area contributed by atoms with Gasteiger partial charge >= 0.3 is 0 Å². The van der Waals surface area contributed by atoms with Gasteiger partial charge < -0.3 is 9.30 Å². The van der Waals surface area contributed by atoms with E-state index in [0.29, 0.717) is 12.1 Å². The maximum Gasteiger partial charge on any atom is 0.182 e. The average molecular weight is 279 g/mol. The second-order valence-electron chi connectivity index (χ2n) is 5.08. The highest BCUT2D eigenvalue weighted by molar-refractivity contribution is 5.97. The van der Waals surface area contributed by atoms with Crippen molar-refractivity contribution in [2.75, 3.05) is 7.11 Å². The third-order valence-electron chi connectivity index (χ3n) is 3.73. The molecule has 0 amide bonds. The summed E-state index contributed by atoms with van der Waals surface area (Å²) >= 11 is 0. The van der Waals surface area contributed by atoms with Gasteiger partial charge in [-0.15, -0.1) is 0 Å². The fraction of sp³-hybridized carbons (Fsp3) is 0.167. The smallest absolute Gasteiger partial charge is 0.182 e. The van der Waals surface area contributed by atoms with Crippen molar-refractivity contribution in [3.05, 3.63) is 65.9 Å². The van der Waals surface area contributed by atoms with E-state index >= 15 is 0 Å². The topological polar surface area (TPSA) is 31.2 Å². The van der Waals surface area contributed by atoms with E-state index < -0.39 is 0 Å². The van der Waals surface area contributed by atoms with Gasteiger partial charge in [0.2, 0.25) is 0 Å². The van der Waals surface area contributed by atoms with Crippen molar-refractivity contribution in [2.24, 2.45) is 0 Å². The number of carbonyl (C=O) groups is 1. The fourth-order valence-electron chi connectivity index (χ4n) is 2.57. The Morgan fingerprint density at radius 3 is 2.52 bits per heavy atom. The number of carbonyl (C=O) groups excluding carboxylic acids is 1. The average Bonchev–Trinajstić information content (AvgIpc) is 2.83. The number of aromatic nitrogens is 1. The van der Waals surface area contributed by atoms with Crippen molar-refractivity contribution < 1.29 is 9.53 Å². The Morgan fingerprint density at radius 2 is 1.81 bits per heavy atom. The molecule has 3 rings (SSSR count). The zero-order valence-corrected chi connectivity index (χ0v) is 12.2. The van der Waals surface area contributed by atoms with Gasteiger partial charge in [-0.2, -0.15) is 0 Å². The van der Waals surface area contributed by atoms with E-state index in [2.05, 4.69) is 16.7 Å². The van der Waals surface area contributed by atoms with Crippen LogP contribution in [-0.4, -0.2) is 17.5 Å². The van der Waals surface area contributed by atoms with E-state index in [0.717, 1.165) is 22.3 Å². The number of hydrogen-bond acceptors (Lipinski definition) is 2. The molecule has 0 fully saturated rings. The summed E-state index contributed by atoms with van der Waals surface area (Å²) in [5, 5.41) is 1.16. The molecule has 21 heavy (non-hydrogen) atoms. The van der Waals surface area contributed by atoms with Crippen LogP contribution in [0.2, 0.25) is 0 Å². The molecule has 3 aromatic rings. The number of hydrogen-bond donors (Lipinski definition) is 0. The van der Waals surface area contributed by atoms with Crippen molar-refractivity contribution in [1.82, 2.24) is 4.57 Å². The number of ether oxygens (including phenoxy) is 1. The zero-order chi connectivity index (χ0) is 14.8. The molecule has 1 aromatic heterocycles. The SMILES string of the molecule is COc1ccc(C(=O)Cn2c(C)cc3ccccc32)cc1. The number of ketones is 1. The number of benzene rings is 2. The number of nitrogens with zero attached hydrogens (tertiary/aromatic N) is 1. The highest BCUT2D eigenvalue weighted by Gasteiger charge is 2.11. The summed E-state index contributed by atoms with van der Waals surface area (Å²) < 4.78 is 7.17. The summed E-state index contributed by atoms with van der Waals surface area (Å²) in [4.78, 5) is 12.4. The molecule has 0 radical (unpaired) electrons. The highest BCUT2D eigenvalue weighted by Crippen LogP contribution is 2.20. The van der Waals surface area contributed by atoms with Crippen LogP contribution < -0.4 is 4.74 Å². The summed E-state index contributed by atoms with van der Waals surface area (Å²) in [6.07, 6.45) is 0. The second kappa shape index (κ2) is 5.44. The standard InChI is InChI=1S/C18H17NO2/c1-13-11-15-5-3-4-6-17(15)19(13)12-18(20)14-7-9-16(21-2)10-8-14/h3-11H,12H2,1-2H3. The van der Waals surface area contributed by atoms with Crippen LogP contribution in [0, 0.1) is 6.92 Å². The summed E-state index contributed by atoms with van der Waals surface area (Å²) in [6.45, 7) is 2.38. The van der Waals surface area contributed by atoms with Gasteiger partial charge in [0, 0.05) is 16.8 Å². The number of aryl methyl sites for hydroxylation is 1. The molecule has 0 aliphatic rings. The monoisotopic (exact) mass is 279 g/mol. The highest BCUT2D eigenvalue weighted by atomic mass is 16.5. The van der Waals surface area contributed by atoms with E-state index in [4.69, 9.17) is 4.74 Å². The molecule has 0 saturated heterocycles. The van der Waals surface area contributed by atoms with Crippen molar-refractivity contribution >= 4 is 16.7 Å². The molecule has 0 N–H and O–H groups in total. The first-order valence-electron chi connectivity index (χ1n) is 6.91. The number of methoxy groups -OCH3 is 1. The van der Waals surface area contributed by atoms with E-state index in [1.54, 1.807) is 7.11 Å². The molecule has 2 aromatic carbocycles. The van der Waals surface area contributed by atoms with E-state index in [-0.39, 0.29) is 5.78 Å². The maximum absolute atomic E-state index is 12.4. The Kier molecular flexibility index (Phi) is 3.48. The van der Waals surface area contributed by atoms with Gasteiger partial charge in [-0.25, -0.2) is 0 Å². The third-order valence-corrected chi connectivity index (χ3v) is 3.73. The third kappa shape index (κ3) is 2.55. The molecular weight excluding hydrogens is 262 g/mol. The second-order valence-corrected chi connectivity index (χ2v) is 5.08. The molecule has 0 saturated carbocycles. The number of rotatable bonds is 4. The van der Waals surface area contributed by atoms with Crippen LogP contribution in [0.25, 0.3) is 10.9 Å². The van der Waals surface area contributed by atoms with Crippen molar-refractivity contribution in [2.45, 2.75) is 13.5 Å². The summed E-state index contributed by atoms with van der Waals surface area (Å²) in [5.41, 5.74) is 2.89. The van der Waals surface area contributed by atoms with Crippen molar-refractivity contribution in [1.29, 1.82) is 0 Å². The molecule has 0 spiro atoms. The minimum absolute atomic E-state index is 0.0992. The lowest BCUT2D eigenvalue weighted by Gasteiger charge is -2.08. The van der Waals surface area contributed by atoms with E-state index in [9.17, 15) is 4.79 Å². The largest absolute Gasteiger partial charge is 0.497 e. The van der Waals surface area contributed by atoms with Gasteiger partial charge in [0.25, 0.3) is 0 Å². The molecule has 1 heterocycles. The molecule has 106 valence electrons. The van der Waals surface area contributed by atoms with Crippen LogP contribution in [-0.2, 0) is 6.54 Å². The van der Waals surface area contributed by atoms with E-state index in [1.807, 2.05) is 49.4 Å². The molecule has 0 unspecified atom stereocenters. The number of para-hydroxylation sites is 1. The van der Waals surface area contributed by atoms with Crippen LogP contribution in [0.3, 0.4) is 0 Å². The molecule has 0 aliphatic heterocycles. The molecule has 0 bridgehead atoms.